The second-order valence-corrected chi connectivity index (χ2v) is 6.55. The van der Waals surface area contributed by atoms with Gasteiger partial charge in [-0.25, -0.2) is 0 Å². The summed E-state index contributed by atoms with van der Waals surface area (Å²) in [5, 5.41) is 3.23. The Morgan fingerprint density at radius 3 is 2.09 bits per heavy atom. The summed E-state index contributed by atoms with van der Waals surface area (Å²) in [5.74, 6) is -1.48. The highest BCUT2D eigenvalue weighted by Gasteiger charge is 2.48. The molecule has 3 aliphatic carbocycles. The molecule has 4 nitrogen and oxygen atoms in total. The lowest BCUT2D eigenvalue weighted by molar-refractivity contribution is 0.0781. The van der Waals surface area contributed by atoms with Gasteiger partial charge in [-0.05, 0) is 48.9 Å². The summed E-state index contributed by atoms with van der Waals surface area (Å²) in [7, 11) is 0. The van der Waals surface area contributed by atoms with Crippen molar-refractivity contribution >= 4 is 11.6 Å². The largest absolute Gasteiger partial charge is 0.293 e. The molecule has 1 fully saturated rings. The number of carbonyl (C=O) groups is 2. The molecule has 2 unspecified atom stereocenters. The molecule has 2 atom stereocenters. The minimum absolute atomic E-state index is 0.0547. The Hall–Kier alpha value is -2.36. The normalized spacial score (nSPS) is 26.7. The maximum atomic E-state index is 13.0. The number of fused-ring (bicyclic) bond motifs is 3. The highest BCUT2D eigenvalue weighted by molar-refractivity contribution is 6.18. The summed E-state index contributed by atoms with van der Waals surface area (Å²) < 4.78 is 0. The predicted octanol–water partition coefficient (Wildman–Crippen LogP) is 4.22. The zero-order chi connectivity index (χ0) is 16.1. The summed E-state index contributed by atoms with van der Waals surface area (Å²) in [4.78, 5) is 37.5. The van der Waals surface area contributed by atoms with Gasteiger partial charge in [-0.1, -0.05) is 29.8 Å². The standard InChI is InChI=1S/C19H17NO3/c1-10-11-6-2-3-7-12(11)17(20-23)16-15(10)18(21)13-8-4-5-9-14(13)19(16)22/h4-5,8-9,15-16H,2-3,6-7H2,1H3. The van der Waals surface area contributed by atoms with E-state index in [1.54, 1.807) is 24.3 Å². The van der Waals surface area contributed by atoms with E-state index in [1.807, 2.05) is 6.92 Å². The molecule has 0 spiro atoms. The molecule has 4 rings (SSSR count). The number of allylic oxidation sites excluding steroid dienone is 4. The molecule has 0 N–H and O–H groups in total. The van der Waals surface area contributed by atoms with Crippen molar-refractivity contribution in [2.45, 2.75) is 32.6 Å². The molecule has 0 heterocycles. The van der Waals surface area contributed by atoms with Gasteiger partial charge in [0.15, 0.2) is 11.6 Å². The number of nitroso groups, excluding NO2 is 1. The summed E-state index contributed by atoms with van der Waals surface area (Å²) in [6.45, 7) is 1.94. The maximum Gasteiger partial charge on any atom is 0.173 e. The first-order chi connectivity index (χ1) is 11.1. The van der Waals surface area contributed by atoms with Crippen molar-refractivity contribution in [2.24, 2.45) is 17.0 Å². The molecule has 3 aliphatic rings. The number of hydrogen-bond donors (Lipinski definition) is 0. The van der Waals surface area contributed by atoms with Crippen LogP contribution < -0.4 is 0 Å². The molecule has 116 valence electrons. The Labute approximate surface area is 134 Å². The highest BCUT2D eigenvalue weighted by atomic mass is 16.3. The number of hydrogen-bond acceptors (Lipinski definition) is 4. The van der Waals surface area contributed by atoms with Gasteiger partial charge in [0.1, 0.15) is 5.70 Å². The second-order valence-electron chi connectivity index (χ2n) is 6.55. The number of rotatable bonds is 1. The first kappa shape index (κ1) is 14.2. The minimum Gasteiger partial charge on any atom is -0.293 e. The van der Waals surface area contributed by atoms with Gasteiger partial charge >= 0.3 is 0 Å². The van der Waals surface area contributed by atoms with Gasteiger partial charge in [-0.15, -0.1) is 4.91 Å². The minimum atomic E-state index is -0.730. The van der Waals surface area contributed by atoms with Gasteiger partial charge in [0, 0.05) is 11.1 Å². The summed E-state index contributed by atoms with van der Waals surface area (Å²) in [5.41, 5.74) is 4.18. The first-order valence-corrected chi connectivity index (χ1v) is 8.09. The van der Waals surface area contributed by atoms with E-state index < -0.39 is 11.8 Å². The Bertz CT molecular complexity index is 816. The third kappa shape index (κ3) is 1.84. The van der Waals surface area contributed by atoms with Crippen LogP contribution in [0.15, 0.2) is 51.9 Å². The topological polar surface area (TPSA) is 63.6 Å². The molecule has 0 bridgehead atoms. The van der Waals surface area contributed by atoms with Gasteiger partial charge in [0.05, 0.1) is 11.8 Å². The van der Waals surface area contributed by atoms with Crippen LogP contribution in [0.1, 0.15) is 53.3 Å². The van der Waals surface area contributed by atoms with Gasteiger partial charge in [-0.3, -0.25) is 9.59 Å². The molecule has 0 saturated heterocycles. The van der Waals surface area contributed by atoms with Crippen molar-refractivity contribution in [1.82, 2.24) is 0 Å². The van der Waals surface area contributed by atoms with E-state index in [1.165, 1.54) is 0 Å². The molecular formula is C19H17NO3. The van der Waals surface area contributed by atoms with Crippen LogP contribution in [0.2, 0.25) is 0 Å². The van der Waals surface area contributed by atoms with Crippen LogP contribution in [0.5, 0.6) is 0 Å². The third-order valence-electron chi connectivity index (χ3n) is 5.47. The fraction of sp³-hybridized carbons (Fsp3) is 0.368. The molecule has 23 heavy (non-hydrogen) atoms. The summed E-state index contributed by atoms with van der Waals surface area (Å²) >= 11 is 0. The van der Waals surface area contributed by atoms with Crippen molar-refractivity contribution < 1.29 is 9.59 Å². The number of carbonyl (C=O) groups excluding carboxylic acids is 2. The first-order valence-electron chi connectivity index (χ1n) is 8.09. The van der Waals surface area contributed by atoms with Gasteiger partial charge in [-0.2, -0.15) is 0 Å². The van der Waals surface area contributed by atoms with E-state index in [9.17, 15) is 14.5 Å². The van der Waals surface area contributed by atoms with E-state index in [0.29, 0.717) is 16.8 Å². The molecule has 0 amide bonds. The number of ketones is 2. The monoisotopic (exact) mass is 307 g/mol. The van der Waals surface area contributed by atoms with Crippen molar-refractivity contribution in [1.29, 1.82) is 0 Å². The van der Waals surface area contributed by atoms with Crippen LogP contribution in [0, 0.1) is 16.7 Å². The van der Waals surface area contributed by atoms with E-state index in [0.717, 1.165) is 42.4 Å². The zero-order valence-corrected chi connectivity index (χ0v) is 13.0. The Morgan fingerprint density at radius 1 is 0.913 bits per heavy atom. The van der Waals surface area contributed by atoms with Crippen molar-refractivity contribution in [3.8, 4) is 0 Å². The molecular weight excluding hydrogens is 290 g/mol. The lowest BCUT2D eigenvalue weighted by Crippen LogP contribution is -2.41. The van der Waals surface area contributed by atoms with Crippen LogP contribution in [0.3, 0.4) is 0 Å². The Balaban J connectivity index is 1.98. The molecule has 0 radical (unpaired) electrons. The molecule has 0 aliphatic heterocycles. The highest BCUT2D eigenvalue weighted by Crippen LogP contribution is 2.49. The maximum absolute atomic E-state index is 13.0. The average Bonchev–Trinajstić information content (AvgIpc) is 2.59. The summed E-state index contributed by atoms with van der Waals surface area (Å²) in [6.07, 6.45) is 3.70. The quantitative estimate of drug-likeness (QED) is 0.730. The number of Topliss-reactive ketones (excluding diaryl/α,β-unsaturated/α-hetero) is 2. The number of benzene rings is 1. The SMILES string of the molecule is CC1=C2CCCCC2=C(N=O)C2C(=O)c3ccccc3C(=O)C12. The van der Waals surface area contributed by atoms with Crippen LogP contribution in [-0.2, 0) is 0 Å². The Kier molecular flexibility index (Phi) is 3.15. The van der Waals surface area contributed by atoms with Crippen molar-refractivity contribution in [2.75, 3.05) is 0 Å². The van der Waals surface area contributed by atoms with Gasteiger partial charge < -0.3 is 0 Å². The van der Waals surface area contributed by atoms with Crippen molar-refractivity contribution in [3.63, 3.8) is 0 Å². The zero-order valence-electron chi connectivity index (χ0n) is 13.0. The van der Waals surface area contributed by atoms with E-state index >= 15 is 0 Å². The fourth-order valence-electron chi connectivity index (χ4n) is 4.39. The fourth-order valence-corrected chi connectivity index (χ4v) is 4.39. The van der Waals surface area contributed by atoms with Crippen LogP contribution in [-0.4, -0.2) is 11.6 Å². The van der Waals surface area contributed by atoms with Gasteiger partial charge in [0.25, 0.3) is 0 Å². The Morgan fingerprint density at radius 2 is 1.48 bits per heavy atom. The van der Waals surface area contributed by atoms with Crippen LogP contribution in [0.25, 0.3) is 0 Å². The van der Waals surface area contributed by atoms with E-state index in [2.05, 4.69) is 5.18 Å². The van der Waals surface area contributed by atoms with E-state index in [-0.39, 0.29) is 11.6 Å². The number of nitrogens with zero attached hydrogens (tertiary/aromatic N) is 1. The second kappa shape index (κ2) is 5.08. The predicted molar refractivity (Wildman–Crippen MR) is 86.1 cm³/mol. The molecule has 1 aromatic rings. The summed E-state index contributed by atoms with van der Waals surface area (Å²) in [6, 6.07) is 6.91. The molecule has 0 aromatic heterocycles. The van der Waals surface area contributed by atoms with Crippen LogP contribution in [0.4, 0.5) is 0 Å². The lowest BCUT2D eigenvalue weighted by atomic mass is 9.63. The molecule has 1 aromatic carbocycles. The van der Waals surface area contributed by atoms with E-state index in [4.69, 9.17) is 0 Å². The third-order valence-corrected chi connectivity index (χ3v) is 5.47. The average molecular weight is 307 g/mol. The molecule has 1 saturated carbocycles. The lowest BCUT2D eigenvalue weighted by Gasteiger charge is -2.38. The van der Waals surface area contributed by atoms with Crippen molar-refractivity contribution in [3.05, 3.63) is 62.7 Å². The van der Waals surface area contributed by atoms with Crippen LogP contribution >= 0.6 is 0 Å². The van der Waals surface area contributed by atoms with Gasteiger partial charge in [0.2, 0.25) is 0 Å². The molecule has 4 heteroatoms. The smallest absolute Gasteiger partial charge is 0.173 e.